The van der Waals surface area contributed by atoms with E-state index in [1.54, 1.807) is 30.5 Å². The molecule has 0 saturated carbocycles. The molecule has 0 aromatic heterocycles. The summed E-state index contributed by atoms with van der Waals surface area (Å²) in [7, 11) is 0. The van der Waals surface area contributed by atoms with Crippen LogP contribution in [0.3, 0.4) is 0 Å². The topological polar surface area (TPSA) is 41.5 Å². The van der Waals surface area contributed by atoms with Crippen LogP contribution in [0.5, 0.6) is 0 Å². The van der Waals surface area contributed by atoms with E-state index < -0.39 is 0 Å². The molecule has 0 spiro atoms. The van der Waals surface area contributed by atoms with E-state index in [-0.39, 0.29) is 11.8 Å². The Bertz CT molecular complexity index is 611. The van der Waals surface area contributed by atoms with E-state index in [0.717, 1.165) is 5.56 Å². The highest BCUT2D eigenvalue weighted by Gasteiger charge is 2.05. The van der Waals surface area contributed by atoms with Crippen LogP contribution < -0.4 is 5.43 Å². The number of nitrogens with zero attached hydrogens (tertiary/aromatic N) is 1. The number of rotatable bonds is 4. The van der Waals surface area contributed by atoms with Crippen molar-refractivity contribution in [2.45, 2.75) is 12.8 Å². The first-order valence-electron chi connectivity index (χ1n) is 6.31. The van der Waals surface area contributed by atoms with Crippen molar-refractivity contribution in [3.8, 4) is 0 Å². The normalized spacial score (nSPS) is 12.3. The molecule has 102 valence electrons. The highest BCUT2D eigenvalue weighted by Crippen LogP contribution is 2.12. The van der Waals surface area contributed by atoms with Gasteiger partial charge in [0.05, 0.1) is 0 Å². The van der Waals surface area contributed by atoms with Crippen molar-refractivity contribution < 1.29 is 4.79 Å². The zero-order chi connectivity index (χ0) is 14.4. The Kier molecular flexibility index (Phi) is 4.91. The number of amides is 1. The van der Waals surface area contributed by atoms with Crippen LogP contribution in [0.2, 0.25) is 5.02 Å². The lowest BCUT2D eigenvalue weighted by Crippen LogP contribution is -2.18. The molecule has 3 nitrogen and oxygen atoms in total. The van der Waals surface area contributed by atoms with Gasteiger partial charge in [-0.2, -0.15) is 5.10 Å². The lowest BCUT2D eigenvalue weighted by atomic mass is 10.0. The van der Waals surface area contributed by atoms with Crippen molar-refractivity contribution in [2.75, 3.05) is 0 Å². The predicted octanol–water partition coefficient (Wildman–Crippen LogP) is 3.86. The minimum Gasteiger partial charge on any atom is -0.267 e. The van der Waals surface area contributed by atoms with Crippen molar-refractivity contribution in [3.63, 3.8) is 0 Å². The highest BCUT2D eigenvalue weighted by molar-refractivity contribution is 6.30. The number of carbonyl (C=O) groups excluding carboxylic acids is 1. The van der Waals surface area contributed by atoms with Gasteiger partial charge in [-0.05, 0) is 23.8 Å². The molecule has 2 aromatic rings. The molecule has 0 heterocycles. The van der Waals surface area contributed by atoms with E-state index in [2.05, 4.69) is 10.5 Å². The molecule has 2 aromatic carbocycles. The summed E-state index contributed by atoms with van der Waals surface area (Å²) >= 11 is 5.84. The lowest BCUT2D eigenvalue weighted by Gasteiger charge is -2.05. The Balaban J connectivity index is 1.95. The number of nitrogens with one attached hydrogen (secondary N) is 1. The second-order valence-electron chi connectivity index (χ2n) is 4.43. The van der Waals surface area contributed by atoms with E-state index in [9.17, 15) is 4.79 Å². The largest absolute Gasteiger partial charge is 0.271 e. The minimum absolute atomic E-state index is 0.135. The molecule has 20 heavy (non-hydrogen) atoms. The van der Waals surface area contributed by atoms with Crippen molar-refractivity contribution in [1.82, 2.24) is 5.43 Å². The maximum Gasteiger partial charge on any atom is 0.271 e. The maximum absolute atomic E-state index is 11.8. The molecular weight excluding hydrogens is 272 g/mol. The molecular formula is C16H15ClN2O. The molecule has 4 heteroatoms. The minimum atomic E-state index is -0.274. The predicted molar refractivity (Wildman–Crippen MR) is 82.3 cm³/mol. The number of halogens is 1. The number of hydrazone groups is 1. The van der Waals surface area contributed by atoms with Crippen LogP contribution in [0.1, 0.15) is 28.8 Å². The van der Waals surface area contributed by atoms with Gasteiger partial charge in [0, 0.05) is 22.7 Å². The van der Waals surface area contributed by atoms with Crippen LogP contribution >= 0.6 is 11.6 Å². The highest BCUT2D eigenvalue weighted by atomic mass is 35.5. The van der Waals surface area contributed by atoms with Gasteiger partial charge in [0.1, 0.15) is 0 Å². The molecule has 0 bridgehead atoms. The summed E-state index contributed by atoms with van der Waals surface area (Å²) in [5, 5.41) is 4.51. The average Bonchev–Trinajstić information content (AvgIpc) is 2.48. The van der Waals surface area contributed by atoms with Gasteiger partial charge in [0.2, 0.25) is 0 Å². The fourth-order valence-electron chi connectivity index (χ4n) is 1.74. The Morgan fingerprint density at radius 3 is 2.65 bits per heavy atom. The van der Waals surface area contributed by atoms with E-state index in [4.69, 9.17) is 11.6 Å². The Morgan fingerprint density at radius 1 is 1.20 bits per heavy atom. The molecule has 1 amide bonds. The molecule has 0 aliphatic rings. The molecule has 0 radical (unpaired) electrons. The van der Waals surface area contributed by atoms with Crippen molar-refractivity contribution >= 4 is 23.7 Å². The van der Waals surface area contributed by atoms with E-state index in [0.29, 0.717) is 10.6 Å². The average molecular weight is 287 g/mol. The number of benzene rings is 2. The summed E-state index contributed by atoms with van der Waals surface area (Å²) in [6, 6.07) is 16.7. The summed E-state index contributed by atoms with van der Waals surface area (Å²) < 4.78 is 0. The van der Waals surface area contributed by atoms with Gasteiger partial charge in [0.25, 0.3) is 5.91 Å². The molecule has 1 atom stereocenters. The SMILES string of the molecule is C[C@H](/C=N\NC(=O)c1cccc(Cl)c1)c1ccccc1. The molecule has 0 fully saturated rings. The summed E-state index contributed by atoms with van der Waals surface area (Å²) in [6.45, 7) is 2.02. The molecule has 0 unspecified atom stereocenters. The summed E-state index contributed by atoms with van der Waals surface area (Å²) in [4.78, 5) is 11.8. The van der Waals surface area contributed by atoms with Crippen LogP contribution in [-0.4, -0.2) is 12.1 Å². The molecule has 2 rings (SSSR count). The van der Waals surface area contributed by atoms with Crippen LogP contribution in [0.25, 0.3) is 0 Å². The molecule has 0 aliphatic carbocycles. The third-order valence-corrected chi connectivity index (χ3v) is 3.11. The quantitative estimate of drug-likeness (QED) is 0.673. The lowest BCUT2D eigenvalue weighted by molar-refractivity contribution is 0.0955. The fraction of sp³-hybridized carbons (Fsp3) is 0.125. The summed E-state index contributed by atoms with van der Waals surface area (Å²) in [5.41, 5.74) is 4.13. The van der Waals surface area contributed by atoms with Crippen LogP contribution in [0.15, 0.2) is 59.7 Å². The summed E-state index contributed by atoms with van der Waals surface area (Å²) in [5.74, 6) is -0.139. The fourth-order valence-corrected chi connectivity index (χ4v) is 1.93. The first kappa shape index (κ1) is 14.3. The first-order chi connectivity index (χ1) is 9.66. The van der Waals surface area contributed by atoms with Crippen molar-refractivity contribution in [1.29, 1.82) is 0 Å². The second kappa shape index (κ2) is 6.87. The monoisotopic (exact) mass is 286 g/mol. The van der Waals surface area contributed by atoms with E-state index >= 15 is 0 Å². The zero-order valence-corrected chi connectivity index (χ0v) is 11.8. The Labute approximate surface area is 123 Å². The van der Waals surface area contributed by atoms with Gasteiger partial charge in [-0.3, -0.25) is 4.79 Å². The number of carbonyl (C=O) groups is 1. The molecule has 0 saturated heterocycles. The first-order valence-corrected chi connectivity index (χ1v) is 6.68. The van der Waals surface area contributed by atoms with Gasteiger partial charge in [-0.15, -0.1) is 0 Å². The van der Waals surface area contributed by atoms with Gasteiger partial charge in [0.15, 0.2) is 0 Å². The Morgan fingerprint density at radius 2 is 1.95 bits per heavy atom. The van der Waals surface area contributed by atoms with Crippen molar-refractivity contribution in [2.24, 2.45) is 5.10 Å². The number of hydrogen-bond acceptors (Lipinski definition) is 2. The van der Waals surface area contributed by atoms with Crippen LogP contribution in [0, 0.1) is 0 Å². The second-order valence-corrected chi connectivity index (χ2v) is 4.87. The van der Waals surface area contributed by atoms with Crippen LogP contribution in [0.4, 0.5) is 0 Å². The van der Waals surface area contributed by atoms with E-state index in [1.165, 1.54) is 0 Å². The van der Waals surface area contributed by atoms with Gasteiger partial charge in [-0.1, -0.05) is 54.9 Å². The van der Waals surface area contributed by atoms with Crippen LogP contribution in [-0.2, 0) is 0 Å². The third kappa shape index (κ3) is 3.93. The molecule has 1 N–H and O–H groups in total. The van der Waals surface area contributed by atoms with Crippen molar-refractivity contribution in [3.05, 3.63) is 70.7 Å². The third-order valence-electron chi connectivity index (χ3n) is 2.88. The van der Waals surface area contributed by atoms with Gasteiger partial charge in [-0.25, -0.2) is 5.43 Å². The standard InChI is InChI=1S/C16H15ClN2O/c1-12(13-6-3-2-4-7-13)11-18-19-16(20)14-8-5-9-15(17)10-14/h2-12H,1H3,(H,19,20)/b18-11-/t12-/m1/s1. The zero-order valence-electron chi connectivity index (χ0n) is 11.1. The maximum atomic E-state index is 11.8. The molecule has 0 aliphatic heterocycles. The number of hydrogen-bond donors (Lipinski definition) is 1. The Hall–Kier alpha value is -2.13. The summed E-state index contributed by atoms with van der Waals surface area (Å²) in [6.07, 6.45) is 1.71. The van der Waals surface area contributed by atoms with E-state index in [1.807, 2.05) is 37.3 Å². The smallest absolute Gasteiger partial charge is 0.267 e. The van der Waals surface area contributed by atoms with Gasteiger partial charge < -0.3 is 0 Å². The van der Waals surface area contributed by atoms with Gasteiger partial charge >= 0.3 is 0 Å².